The van der Waals surface area contributed by atoms with Crippen LogP contribution >= 0.6 is 0 Å². The lowest BCUT2D eigenvalue weighted by Crippen LogP contribution is -2.65. The monoisotopic (exact) mass is 583 g/mol. The normalized spacial score (nSPS) is 24.5. The van der Waals surface area contributed by atoms with E-state index in [0.29, 0.717) is 11.1 Å². The van der Waals surface area contributed by atoms with E-state index in [1.807, 2.05) is 40.8 Å². The van der Waals surface area contributed by atoms with Gasteiger partial charge in [0.2, 0.25) is 16.1 Å². The minimum Gasteiger partial charge on any atom is -0.409 e. The van der Waals surface area contributed by atoms with E-state index in [-0.39, 0.29) is 9.93 Å². The van der Waals surface area contributed by atoms with E-state index in [1.165, 1.54) is 18.3 Å². The summed E-state index contributed by atoms with van der Waals surface area (Å²) in [7, 11) is -7.10. The number of aliphatic hydroxyl groups is 1. The Morgan fingerprint density at radius 2 is 1.60 bits per heavy atom. The number of sulfonamides is 1. The fraction of sp³-hybridized carbons (Fsp3) is 0.414. The van der Waals surface area contributed by atoms with Crippen LogP contribution in [0.5, 0.6) is 0 Å². The van der Waals surface area contributed by atoms with Gasteiger partial charge in [0.05, 0.1) is 16.9 Å². The number of nitro groups is 1. The molecule has 1 aromatic heterocycles. The van der Waals surface area contributed by atoms with E-state index in [2.05, 4.69) is 4.98 Å². The molecule has 3 aromatic rings. The van der Waals surface area contributed by atoms with Gasteiger partial charge in [-0.2, -0.15) is 4.31 Å². The van der Waals surface area contributed by atoms with Crippen molar-refractivity contribution in [2.24, 2.45) is 0 Å². The molecule has 214 valence electrons. The van der Waals surface area contributed by atoms with Crippen molar-refractivity contribution < 1.29 is 22.9 Å². The smallest absolute Gasteiger partial charge is 0.246 e. The first-order chi connectivity index (χ1) is 18.7. The van der Waals surface area contributed by atoms with E-state index < -0.39 is 53.6 Å². The zero-order valence-corrected chi connectivity index (χ0v) is 25.4. The Balaban J connectivity index is 2.01. The predicted octanol–water partition coefficient (Wildman–Crippen LogP) is 5.27. The third-order valence-corrected chi connectivity index (χ3v) is 14.5. The lowest BCUT2D eigenvalue weighted by Gasteiger charge is -2.50. The SMILES string of the molecule is Cc1ccc(S(=O)(=O)N2[C@H](O)[C@@H](O[Si](C)(C)C(C)(C)C)[C@@H](c3cccnc3)[C@H]([N+](=O)[O-])[C@@H]2c2ccccc2)cc1. The maximum absolute atomic E-state index is 14.3. The molecule has 5 atom stereocenters. The molecule has 0 bridgehead atoms. The Morgan fingerprint density at radius 3 is 2.12 bits per heavy atom. The minimum atomic E-state index is -4.42. The van der Waals surface area contributed by atoms with Crippen molar-refractivity contribution in [1.82, 2.24) is 9.29 Å². The fourth-order valence-corrected chi connectivity index (χ4v) is 7.99. The zero-order valence-electron chi connectivity index (χ0n) is 23.6. The topological polar surface area (TPSA) is 123 Å². The first-order valence-electron chi connectivity index (χ1n) is 13.2. The van der Waals surface area contributed by atoms with Crippen LogP contribution < -0.4 is 0 Å². The van der Waals surface area contributed by atoms with Gasteiger partial charge in [-0.1, -0.05) is 74.9 Å². The molecular weight excluding hydrogens is 546 g/mol. The molecule has 1 N–H and O–H groups in total. The lowest BCUT2D eigenvalue weighted by atomic mass is 9.77. The average molecular weight is 584 g/mol. The van der Waals surface area contributed by atoms with E-state index in [9.17, 15) is 23.6 Å². The summed E-state index contributed by atoms with van der Waals surface area (Å²) < 4.78 is 36.2. The van der Waals surface area contributed by atoms with Crippen molar-refractivity contribution in [1.29, 1.82) is 0 Å². The number of pyridine rings is 1. The quantitative estimate of drug-likeness (QED) is 0.228. The number of hydrogen-bond acceptors (Lipinski definition) is 7. The second-order valence-electron chi connectivity index (χ2n) is 11.8. The molecule has 1 fully saturated rings. The van der Waals surface area contributed by atoms with Gasteiger partial charge in [0.1, 0.15) is 12.3 Å². The van der Waals surface area contributed by atoms with Gasteiger partial charge in [-0.05, 0) is 54.4 Å². The standard InChI is InChI=1S/C29H37N3O6SSi/c1-20-14-16-23(17-15-20)39(36,37)31-25(21-11-8-7-9-12-21)26(32(34)35)24(22-13-10-18-30-19-22)27(28(31)33)38-40(5,6)29(2,3)4/h7-19,24-28,33H,1-6H3/t24-,25-,26-,27-,28+/m0/s1. The first-order valence-corrected chi connectivity index (χ1v) is 17.6. The number of aliphatic hydroxyl groups excluding tert-OH is 1. The van der Waals surface area contributed by atoms with E-state index in [0.717, 1.165) is 9.87 Å². The van der Waals surface area contributed by atoms with Gasteiger partial charge < -0.3 is 9.53 Å². The van der Waals surface area contributed by atoms with Gasteiger partial charge >= 0.3 is 0 Å². The summed E-state index contributed by atoms with van der Waals surface area (Å²) >= 11 is 0. The van der Waals surface area contributed by atoms with Gasteiger partial charge in [-0.15, -0.1) is 0 Å². The van der Waals surface area contributed by atoms with Crippen LogP contribution in [0.25, 0.3) is 0 Å². The molecule has 0 aliphatic carbocycles. The molecule has 0 amide bonds. The number of benzene rings is 2. The number of piperidine rings is 1. The van der Waals surface area contributed by atoms with Crippen LogP contribution in [0.4, 0.5) is 0 Å². The molecule has 1 aliphatic rings. The molecule has 0 unspecified atom stereocenters. The van der Waals surface area contributed by atoms with Crippen LogP contribution in [-0.4, -0.2) is 54.4 Å². The molecule has 2 aromatic carbocycles. The Bertz CT molecular complexity index is 1430. The molecule has 1 saturated heterocycles. The van der Waals surface area contributed by atoms with Crippen LogP contribution in [0.3, 0.4) is 0 Å². The van der Waals surface area contributed by atoms with E-state index in [1.54, 1.807) is 60.8 Å². The first kappa shape index (κ1) is 30.0. The van der Waals surface area contributed by atoms with E-state index >= 15 is 0 Å². The van der Waals surface area contributed by atoms with Crippen LogP contribution in [0.1, 0.15) is 49.4 Å². The number of rotatable bonds is 7. The fourth-order valence-electron chi connectivity index (χ4n) is 5.01. The average Bonchev–Trinajstić information content (AvgIpc) is 2.89. The van der Waals surface area contributed by atoms with Crippen molar-refractivity contribution in [2.75, 3.05) is 0 Å². The Morgan fingerprint density at radius 1 is 1.00 bits per heavy atom. The highest BCUT2D eigenvalue weighted by Gasteiger charge is 2.61. The molecule has 2 heterocycles. The van der Waals surface area contributed by atoms with Crippen molar-refractivity contribution in [3.8, 4) is 0 Å². The molecular formula is C29H37N3O6SSi. The summed E-state index contributed by atoms with van der Waals surface area (Å²) in [5.74, 6) is -0.984. The molecule has 40 heavy (non-hydrogen) atoms. The molecule has 0 saturated carbocycles. The van der Waals surface area contributed by atoms with Gasteiger partial charge in [-0.25, -0.2) is 8.42 Å². The number of nitrogens with zero attached hydrogens (tertiary/aromatic N) is 3. The third-order valence-electron chi connectivity index (χ3n) is 8.16. The minimum absolute atomic E-state index is 0.0638. The Kier molecular flexibility index (Phi) is 8.35. The summed E-state index contributed by atoms with van der Waals surface area (Å²) in [6, 6.07) is 15.3. The third kappa shape index (κ3) is 5.61. The van der Waals surface area contributed by atoms with Gasteiger partial charge in [0.15, 0.2) is 8.32 Å². The molecule has 11 heteroatoms. The summed E-state index contributed by atoms with van der Waals surface area (Å²) in [5.41, 5.74) is 1.76. The maximum Gasteiger partial charge on any atom is 0.246 e. The number of aromatic nitrogens is 1. The van der Waals surface area contributed by atoms with Gasteiger partial charge in [0.25, 0.3) is 0 Å². The highest BCUT2D eigenvalue weighted by atomic mass is 32.2. The Labute approximate surface area is 237 Å². The highest BCUT2D eigenvalue weighted by molar-refractivity contribution is 7.89. The highest BCUT2D eigenvalue weighted by Crippen LogP contribution is 2.49. The summed E-state index contributed by atoms with van der Waals surface area (Å²) in [5, 5.41) is 24.8. The van der Waals surface area contributed by atoms with Crippen molar-refractivity contribution in [3.05, 3.63) is 106 Å². The van der Waals surface area contributed by atoms with Crippen LogP contribution in [0.15, 0.2) is 84.0 Å². The van der Waals surface area contributed by atoms with Crippen molar-refractivity contribution in [2.45, 2.75) is 81.1 Å². The summed E-state index contributed by atoms with van der Waals surface area (Å²) in [6.45, 7) is 11.8. The van der Waals surface area contributed by atoms with Gasteiger partial charge in [0, 0.05) is 17.3 Å². The number of aryl methyl sites for hydroxylation is 1. The lowest BCUT2D eigenvalue weighted by molar-refractivity contribution is -0.543. The van der Waals surface area contributed by atoms with Gasteiger partial charge in [-0.3, -0.25) is 15.1 Å². The molecule has 0 spiro atoms. The molecule has 4 rings (SSSR count). The maximum atomic E-state index is 14.3. The van der Waals surface area contributed by atoms with E-state index in [4.69, 9.17) is 4.43 Å². The van der Waals surface area contributed by atoms with Crippen LogP contribution in [-0.2, 0) is 14.4 Å². The van der Waals surface area contributed by atoms with Crippen LogP contribution in [0.2, 0.25) is 18.1 Å². The van der Waals surface area contributed by atoms with Crippen molar-refractivity contribution in [3.63, 3.8) is 0 Å². The molecule has 1 aliphatic heterocycles. The van der Waals surface area contributed by atoms with Crippen LogP contribution in [0, 0.1) is 17.0 Å². The number of hydrogen-bond donors (Lipinski definition) is 1. The Hall–Kier alpha value is -2.96. The summed E-state index contributed by atoms with van der Waals surface area (Å²) in [6.07, 6.45) is 0.158. The predicted molar refractivity (Wildman–Crippen MR) is 155 cm³/mol. The molecule has 9 nitrogen and oxygen atoms in total. The zero-order chi connectivity index (χ0) is 29.5. The van der Waals surface area contributed by atoms with Crippen molar-refractivity contribution >= 4 is 18.3 Å². The second-order valence-corrected chi connectivity index (χ2v) is 18.4. The summed E-state index contributed by atoms with van der Waals surface area (Å²) in [4.78, 5) is 16.7. The largest absolute Gasteiger partial charge is 0.409 e. The second kappa shape index (κ2) is 11.1. The molecule has 0 radical (unpaired) electrons.